The van der Waals surface area contributed by atoms with Crippen LogP contribution in [0.5, 0.6) is 0 Å². The van der Waals surface area contributed by atoms with Gasteiger partial charge in [0, 0.05) is 22.8 Å². The summed E-state index contributed by atoms with van der Waals surface area (Å²) < 4.78 is 11.9. The first-order chi connectivity index (χ1) is 15.1. The summed E-state index contributed by atoms with van der Waals surface area (Å²) >= 11 is 0. The van der Waals surface area contributed by atoms with Crippen molar-refractivity contribution in [1.29, 1.82) is 0 Å². The van der Waals surface area contributed by atoms with Crippen LogP contribution in [0.3, 0.4) is 0 Å². The molecule has 7 heteroatoms. The number of carbonyl (C=O) groups is 3. The third kappa shape index (κ3) is 4.25. The number of esters is 1. The maximum absolute atomic E-state index is 12.8. The topological polar surface area (TPSA) is 90.5 Å². The van der Waals surface area contributed by atoms with Crippen LogP contribution in [-0.2, 0) is 16.1 Å². The molecule has 4 aromatic rings. The number of ketones is 1. The standard InChI is InChI=1S/C24H20N2O5/c1-2-30-24(29)16-9-11-17(12-10-16)25-22(27)15-26-14-19(18-6-3-4-7-20(18)26)23(28)21-8-5-13-31-21/h3-14H,2,15H2,1H3,(H,25,27). The number of hydrogen-bond donors (Lipinski definition) is 1. The van der Waals surface area contributed by atoms with Crippen molar-refractivity contribution in [2.75, 3.05) is 11.9 Å². The Bertz CT molecular complexity index is 1240. The molecule has 156 valence electrons. The van der Waals surface area contributed by atoms with E-state index in [1.807, 2.05) is 24.3 Å². The van der Waals surface area contributed by atoms with E-state index < -0.39 is 5.97 Å². The summed E-state index contributed by atoms with van der Waals surface area (Å²) in [5.74, 6) is -0.668. The number of carbonyl (C=O) groups excluding carboxylic acids is 3. The fourth-order valence-corrected chi connectivity index (χ4v) is 3.36. The number of furan rings is 1. The molecular formula is C24H20N2O5. The summed E-state index contributed by atoms with van der Waals surface area (Å²) in [5, 5.41) is 3.55. The van der Waals surface area contributed by atoms with Crippen LogP contribution >= 0.6 is 0 Å². The second kappa shape index (κ2) is 8.71. The minimum atomic E-state index is -0.409. The first-order valence-corrected chi connectivity index (χ1v) is 9.80. The van der Waals surface area contributed by atoms with Gasteiger partial charge in [-0.05, 0) is 49.4 Å². The van der Waals surface area contributed by atoms with E-state index in [1.165, 1.54) is 6.26 Å². The molecule has 2 aromatic carbocycles. The third-order valence-corrected chi connectivity index (χ3v) is 4.77. The molecule has 0 bridgehead atoms. The van der Waals surface area contributed by atoms with Crippen LogP contribution in [0.25, 0.3) is 10.9 Å². The zero-order valence-corrected chi connectivity index (χ0v) is 16.8. The molecule has 0 saturated carbocycles. The number of nitrogens with one attached hydrogen (secondary N) is 1. The molecule has 2 aromatic heterocycles. The highest BCUT2D eigenvalue weighted by atomic mass is 16.5. The third-order valence-electron chi connectivity index (χ3n) is 4.77. The molecule has 0 aliphatic heterocycles. The highest BCUT2D eigenvalue weighted by molar-refractivity contribution is 6.15. The first-order valence-electron chi connectivity index (χ1n) is 9.80. The number of amides is 1. The van der Waals surface area contributed by atoms with Crippen molar-refractivity contribution >= 4 is 34.3 Å². The van der Waals surface area contributed by atoms with E-state index in [1.54, 1.807) is 54.1 Å². The summed E-state index contributed by atoms with van der Waals surface area (Å²) in [6.07, 6.45) is 3.12. The minimum absolute atomic E-state index is 0.0194. The SMILES string of the molecule is CCOC(=O)c1ccc(NC(=O)Cn2cc(C(=O)c3ccco3)c3ccccc32)cc1. The van der Waals surface area contributed by atoms with Crippen molar-refractivity contribution in [1.82, 2.24) is 4.57 Å². The Labute approximate surface area is 178 Å². The van der Waals surface area contributed by atoms with E-state index in [0.29, 0.717) is 23.4 Å². The second-order valence-corrected chi connectivity index (χ2v) is 6.84. The molecule has 1 N–H and O–H groups in total. The molecule has 31 heavy (non-hydrogen) atoms. The monoisotopic (exact) mass is 416 g/mol. The number of anilines is 1. The number of hydrogen-bond acceptors (Lipinski definition) is 5. The highest BCUT2D eigenvalue weighted by Crippen LogP contribution is 2.24. The Morgan fingerprint density at radius 2 is 1.77 bits per heavy atom. The van der Waals surface area contributed by atoms with Gasteiger partial charge in [-0.15, -0.1) is 0 Å². The van der Waals surface area contributed by atoms with Gasteiger partial charge in [-0.3, -0.25) is 9.59 Å². The maximum atomic E-state index is 12.8. The lowest BCUT2D eigenvalue weighted by Crippen LogP contribution is -2.18. The fourth-order valence-electron chi connectivity index (χ4n) is 3.36. The lowest BCUT2D eigenvalue weighted by atomic mass is 10.1. The molecule has 1 amide bonds. The van der Waals surface area contributed by atoms with Crippen molar-refractivity contribution in [3.8, 4) is 0 Å². The van der Waals surface area contributed by atoms with Gasteiger partial charge in [-0.1, -0.05) is 18.2 Å². The van der Waals surface area contributed by atoms with Crippen LogP contribution in [0.4, 0.5) is 5.69 Å². The summed E-state index contributed by atoms with van der Waals surface area (Å²) in [6, 6.07) is 17.1. The Morgan fingerprint density at radius 3 is 2.48 bits per heavy atom. The van der Waals surface area contributed by atoms with Crippen molar-refractivity contribution in [2.45, 2.75) is 13.5 Å². The average Bonchev–Trinajstić information content (AvgIpc) is 3.43. The van der Waals surface area contributed by atoms with E-state index in [9.17, 15) is 14.4 Å². The molecule has 0 aliphatic rings. The van der Waals surface area contributed by atoms with Gasteiger partial charge in [-0.2, -0.15) is 0 Å². The predicted molar refractivity (Wildman–Crippen MR) is 115 cm³/mol. The van der Waals surface area contributed by atoms with Gasteiger partial charge in [0.25, 0.3) is 0 Å². The summed E-state index contributed by atoms with van der Waals surface area (Å²) in [6.45, 7) is 2.06. The van der Waals surface area contributed by atoms with E-state index in [-0.39, 0.29) is 24.0 Å². The summed E-state index contributed by atoms with van der Waals surface area (Å²) in [7, 11) is 0. The van der Waals surface area contributed by atoms with Crippen molar-refractivity contribution in [2.24, 2.45) is 0 Å². The number of aromatic nitrogens is 1. The molecule has 0 radical (unpaired) electrons. The van der Waals surface area contributed by atoms with Crippen LogP contribution in [0, 0.1) is 0 Å². The van der Waals surface area contributed by atoms with E-state index >= 15 is 0 Å². The Kier molecular flexibility index (Phi) is 5.66. The van der Waals surface area contributed by atoms with Gasteiger partial charge in [0.05, 0.1) is 24.0 Å². The van der Waals surface area contributed by atoms with Crippen LogP contribution in [0.2, 0.25) is 0 Å². The van der Waals surface area contributed by atoms with Gasteiger partial charge in [0.15, 0.2) is 5.76 Å². The molecule has 7 nitrogen and oxygen atoms in total. The van der Waals surface area contributed by atoms with Gasteiger partial charge < -0.3 is 19.0 Å². The number of ether oxygens (including phenoxy) is 1. The quantitative estimate of drug-likeness (QED) is 0.359. The lowest BCUT2D eigenvalue weighted by Gasteiger charge is -2.08. The van der Waals surface area contributed by atoms with Gasteiger partial charge in [0.2, 0.25) is 11.7 Å². The maximum Gasteiger partial charge on any atom is 0.338 e. The summed E-state index contributed by atoms with van der Waals surface area (Å²) in [5.41, 5.74) is 2.21. The van der Waals surface area contributed by atoms with Crippen LogP contribution in [0.1, 0.15) is 33.4 Å². The van der Waals surface area contributed by atoms with Crippen LogP contribution < -0.4 is 5.32 Å². The number of nitrogens with zero attached hydrogens (tertiary/aromatic N) is 1. The zero-order valence-electron chi connectivity index (χ0n) is 16.8. The molecule has 0 unspecified atom stereocenters. The molecule has 0 atom stereocenters. The van der Waals surface area contributed by atoms with Crippen molar-refractivity contribution < 1.29 is 23.5 Å². The number of benzene rings is 2. The number of para-hydroxylation sites is 1. The lowest BCUT2D eigenvalue weighted by molar-refractivity contribution is -0.116. The zero-order chi connectivity index (χ0) is 21.8. The van der Waals surface area contributed by atoms with Crippen molar-refractivity contribution in [3.63, 3.8) is 0 Å². The molecule has 0 saturated heterocycles. The van der Waals surface area contributed by atoms with E-state index in [4.69, 9.17) is 9.15 Å². The highest BCUT2D eigenvalue weighted by Gasteiger charge is 2.19. The average molecular weight is 416 g/mol. The van der Waals surface area contributed by atoms with Gasteiger partial charge in [0.1, 0.15) is 6.54 Å². The second-order valence-electron chi connectivity index (χ2n) is 6.84. The molecule has 0 spiro atoms. The normalized spacial score (nSPS) is 10.7. The smallest absolute Gasteiger partial charge is 0.338 e. The summed E-state index contributed by atoms with van der Waals surface area (Å²) in [4.78, 5) is 37.2. The van der Waals surface area contributed by atoms with Gasteiger partial charge in [-0.25, -0.2) is 4.79 Å². The Morgan fingerprint density at radius 1 is 1.00 bits per heavy atom. The van der Waals surface area contributed by atoms with E-state index in [0.717, 1.165) is 10.9 Å². The Hall–Kier alpha value is -4.13. The van der Waals surface area contributed by atoms with Crippen molar-refractivity contribution in [3.05, 3.63) is 90.0 Å². The first kappa shape index (κ1) is 20.2. The van der Waals surface area contributed by atoms with E-state index in [2.05, 4.69) is 5.32 Å². The molecule has 0 fully saturated rings. The largest absolute Gasteiger partial charge is 0.462 e. The molecule has 0 aliphatic carbocycles. The van der Waals surface area contributed by atoms with Gasteiger partial charge >= 0.3 is 5.97 Å². The molecule has 4 rings (SSSR count). The van der Waals surface area contributed by atoms with Crippen LogP contribution in [-0.4, -0.2) is 28.8 Å². The predicted octanol–water partition coefficient (Wildman–Crippen LogP) is 4.28. The number of rotatable bonds is 7. The molecule has 2 heterocycles. The van der Waals surface area contributed by atoms with Crippen LogP contribution in [0.15, 0.2) is 77.5 Å². The molecular weight excluding hydrogens is 396 g/mol. The fraction of sp³-hybridized carbons (Fsp3) is 0.125. The minimum Gasteiger partial charge on any atom is -0.462 e. The number of fused-ring (bicyclic) bond motifs is 1. The Balaban J connectivity index is 1.53.